The first-order chi connectivity index (χ1) is 12.4. The predicted molar refractivity (Wildman–Crippen MR) is 97.3 cm³/mol. The second kappa shape index (κ2) is 7.62. The fourth-order valence-electron chi connectivity index (χ4n) is 2.71. The van der Waals surface area contributed by atoms with Crippen LogP contribution in [0.25, 0.3) is 10.9 Å². The van der Waals surface area contributed by atoms with Crippen molar-refractivity contribution in [1.82, 2.24) is 9.88 Å². The number of fused-ring (bicyclic) bond motifs is 1. The second-order valence-electron chi connectivity index (χ2n) is 7.36. The third-order valence-corrected chi connectivity index (χ3v) is 3.88. The summed E-state index contributed by atoms with van der Waals surface area (Å²) in [4.78, 5) is 25.3. The molecule has 0 fully saturated rings. The van der Waals surface area contributed by atoms with E-state index in [4.69, 9.17) is 4.74 Å². The number of nitrogens with zero attached hydrogens (tertiary/aromatic N) is 1. The first-order valence-electron chi connectivity index (χ1n) is 8.52. The SMILES string of the molecule is COc1ccc2cc(C(=O)NC(C)(C)C)c(=O)n(CCCC(F)(F)F)c2c1. The molecule has 2 rings (SSSR count). The number of aryl methyl sites for hydroxylation is 1. The first-order valence-corrected chi connectivity index (χ1v) is 8.52. The first kappa shape index (κ1) is 20.8. The lowest BCUT2D eigenvalue weighted by atomic mass is 10.1. The Bertz CT molecular complexity index is 896. The van der Waals surface area contributed by atoms with Crippen molar-refractivity contribution in [2.45, 2.75) is 51.9 Å². The lowest BCUT2D eigenvalue weighted by molar-refractivity contribution is -0.135. The smallest absolute Gasteiger partial charge is 0.389 e. The summed E-state index contributed by atoms with van der Waals surface area (Å²) in [6, 6.07) is 6.37. The molecule has 0 saturated carbocycles. The summed E-state index contributed by atoms with van der Waals surface area (Å²) in [7, 11) is 1.46. The summed E-state index contributed by atoms with van der Waals surface area (Å²) in [6.45, 7) is 5.18. The van der Waals surface area contributed by atoms with E-state index in [1.165, 1.54) is 17.7 Å². The Labute approximate surface area is 155 Å². The predicted octanol–water partition coefficient (Wildman–Crippen LogP) is 3.88. The molecule has 148 valence electrons. The van der Waals surface area contributed by atoms with Gasteiger partial charge in [-0.15, -0.1) is 0 Å². The molecule has 0 aliphatic rings. The molecule has 0 bridgehead atoms. The Balaban J connectivity index is 2.54. The van der Waals surface area contributed by atoms with Crippen LogP contribution in [-0.4, -0.2) is 29.3 Å². The Hall–Kier alpha value is -2.51. The number of aromatic nitrogens is 1. The van der Waals surface area contributed by atoms with Crippen LogP contribution in [0.4, 0.5) is 13.2 Å². The number of alkyl halides is 3. The molecule has 1 N–H and O–H groups in total. The number of nitrogens with one attached hydrogen (secondary N) is 1. The summed E-state index contributed by atoms with van der Waals surface area (Å²) in [6.07, 6.45) is -5.58. The topological polar surface area (TPSA) is 60.3 Å². The van der Waals surface area contributed by atoms with Gasteiger partial charge in [-0.3, -0.25) is 9.59 Å². The Morgan fingerprint density at radius 1 is 1.19 bits per heavy atom. The quantitative estimate of drug-likeness (QED) is 0.851. The number of methoxy groups -OCH3 is 1. The molecule has 0 aliphatic carbocycles. The van der Waals surface area contributed by atoms with Crippen molar-refractivity contribution in [3.8, 4) is 5.75 Å². The fourth-order valence-corrected chi connectivity index (χ4v) is 2.71. The van der Waals surface area contributed by atoms with E-state index >= 15 is 0 Å². The number of hydrogen-bond acceptors (Lipinski definition) is 3. The average molecular weight is 384 g/mol. The van der Waals surface area contributed by atoms with Gasteiger partial charge in [0.15, 0.2) is 0 Å². The standard InChI is InChI=1S/C19H23F3N2O3/c1-18(2,3)23-16(25)14-10-12-6-7-13(27-4)11-15(12)24(17(14)26)9-5-8-19(20,21)22/h6-7,10-11H,5,8-9H2,1-4H3,(H,23,25). The molecule has 0 radical (unpaired) electrons. The van der Waals surface area contributed by atoms with E-state index in [0.29, 0.717) is 16.7 Å². The van der Waals surface area contributed by atoms with Gasteiger partial charge in [-0.1, -0.05) is 0 Å². The second-order valence-corrected chi connectivity index (χ2v) is 7.36. The van der Waals surface area contributed by atoms with Crippen LogP contribution in [0.1, 0.15) is 44.0 Å². The largest absolute Gasteiger partial charge is 0.497 e. The zero-order chi connectivity index (χ0) is 20.4. The number of rotatable bonds is 5. The molecule has 0 unspecified atom stereocenters. The minimum atomic E-state index is -4.31. The summed E-state index contributed by atoms with van der Waals surface area (Å²) in [5, 5.41) is 3.28. The lowest BCUT2D eigenvalue weighted by Gasteiger charge is -2.21. The van der Waals surface area contributed by atoms with Crippen molar-refractivity contribution >= 4 is 16.8 Å². The van der Waals surface area contributed by atoms with Gasteiger partial charge < -0.3 is 14.6 Å². The fraction of sp³-hybridized carbons (Fsp3) is 0.474. The lowest BCUT2D eigenvalue weighted by Crippen LogP contribution is -2.43. The van der Waals surface area contributed by atoms with Crippen molar-refractivity contribution < 1.29 is 22.7 Å². The monoisotopic (exact) mass is 384 g/mol. The number of ether oxygens (including phenoxy) is 1. The van der Waals surface area contributed by atoms with Gasteiger partial charge in [0, 0.05) is 24.6 Å². The molecule has 0 aliphatic heterocycles. The van der Waals surface area contributed by atoms with E-state index in [0.717, 1.165) is 0 Å². The molecule has 8 heteroatoms. The maximum Gasteiger partial charge on any atom is 0.389 e. The molecule has 0 atom stereocenters. The van der Waals surface area contributed by atoms with Crippen LogP contribution in [0.5, 0.6) is 5.75 Å². The normalized spacial score (nSPS) is 12.3. The zero-order valence-electron chi connectivity index (χ0n) is 15.7. The molecule has 1 aromatic carbocycles. The van der Waals surface area contributed by atoms with E-state index in [-0.39, 0.29) is 18.5 Å². The molecular formula is C19H23F3N2O3. The van der Waals surface area contributed by atoms with Crippen LogP contribution in [-0.2, 0) is 6.54 Å². The maximum atomic E-state index is 12.8. The van der Waals surface area contributed by atoms with E-state index in [1.807, 2.05) is 0 Å². The molecule has 1 amide bonds. The molecule has 27 heavy (non-hydrogen) atoms. The average Bonchev–Trinajstić information content (AvgIpc) is 2.53. The van der Waals surface area contributed by atoms with Crippen LogP contribution in [0.2, 0.25) is 0 Å². The van der Waals surface area contributed by atoms with Gasteiger partial charge in [-0.25, -0.2) is 0 Å². The summed E-state index contributed by atoms with van der Waals surface area (Å²) in [5.74, 6) is -0.0897. The molecule has 0 saturated heterocycles. The van der Waals surface area contributed by atoms with Gasteiger partial charge in [0.05, 0.1) is 12.6 Å². The number of halogens is 3. The van der Waals surface area contributed by atoms with Crippen molar-refractivity contribution in [3.05, 3.63) is 40.2 Å². The van der Waals surface area contributed by atoms with Gasteiger partial charge in [0.25, 0.3) is 11.5 Å². The van der Waals surface area contributed by atoms with Gasteiger partial charge in [0.1, 0.15) is 11.3 Å². The van der Waals surface area contributed by atoms with Crippen molar-refractivity contribution in [1.29, 1.82) is 0 Å². The molecule has 1 heterocycles. The van der Waals surface area contributed by atoms with Crippen molar-refractivity contribution in [3.63, 3.8) is 0 Å². The molecular weight excluding hydrogens is 361 g/mol. The van der Waals surface area contributed by atoms with E-state index in [1.54, 1.807) is 39.0 Å². The van der Waals surface area contributed by atoms with Gasteiger partial charge in [-0.2, -0.15) is 13.2 Å². The Kier molecular flexibility index (Phi) is 5.87. The van der Waals surface area contributed by atoms with Gasteiger partial charge >= 0.3 is 6.18 Å². The number of carbonyl (C=O) groups excluding carboxylic acids is 1. The van der Waals surface area contributed by atoms with E-state index in [9.17, 15) is 22.8 Å². The minimum absolute atomic E-state index is 0.102. The summed E-state index contributed by atoms with van der Waals surface area (Å²) >= 11 is 0. The van der Waals surface area contributed by atoms with Crippen LogP contribution in [0, 0.1) is 0 Å². The highest BCUT2D eigenvalue weighted by Gasteiger charge is 2.27. The highest BCUT2D eigenvalue weighted by molar-refractivity contribution is 5.97. The summed E-state index contributed by atoms with van der Waals surface area (Å²) in [5.41, 5.74) is -0.859. The van der Waals surface area contributed by atoms with Crippen molar-refractivity contribution in [2.75, 3.05) is 7.11 Å². The zero-order valence-corrected chi connectivity index (χ0v) is 15.7. The minimum Gasteiger partial charge on any atom is -0.497 e. The molecule has 2 aromatic rings. The van der Waals surface area contributed by atoms with Crippen LogP contribution in [0.3, 0.4) is 0 Å². The third kappa shape index (κ3) is 5.48. The number of benzene rings is 1. The maximum absolute atomic E-state index is 12.8. The molecule has 5 nitrogen and oxygen atoms in total. The number of amides is 1. The molecule has 0 spiro atoms. The van der Waals surface area contributed by atoms with Crippen LogP contribution >= 0.6 is 0 Å². The van der Waals surface area contributed by atoms with Crippen molar-refractivity contribution in [2.24, 2.45) is 0 Å². The Morgan fingerprint density at radius 3 is 2.41 bits per heavy atom. The Morgan fingerprint density at radius 2 is 1.85 bits per heavy atom. The number of hydrogen-bond donors (Lipinski definition) is 1. The number of carbonyl (C=O) groups is 1. The van der Waals surface area contributed by atoms with Crippen LogP contribution in [0.15, 0.2) is 29.1 Å². The van der Waals surface area contributed by atoms with E-state index in [2.05, 4.69) is 5.32 Å². The highest BCUT2D eigenvalue weighted by Crippen LogP contribution is 2.24. The van der Waals surface area contributed by atoms with Gasteiger partial charge in [0.2, 0.25) is 0 Å². The van der Waals surface area contributed by atoms with Crippen LogP contribution < -0.4 is 15.6 Å². The third-order valence-electron chi connectivity index (χ3n) is 3.88. The molecule has 1 aromatic heterocycles. The van der Waals surface area contributed by atoms with Gasteiger partial charge in [-0.05, 0) is 50.8 Å². The summed E-state index contributed by atoms with van der Waals surface area (Å²) < 4.78 is 43.9. The van der Waals surface area contributed by atoms with E-state index < -0.39 is 29.6 Å². The highest BCUT2D eigenvalue weighted by atomic mass is 19.4. The number of pyridine rings is 1.